The Bertz CT molecular complexity index is 1460. The van der Waals surface area contributed by atoms with E-state index >= 15 is 0 Å². The standard InChI is InChI=1S/C25H16Cl3N3O6/c26-14-1-8-21(37-12-22(33)29-15-2-7-19(27)20(28)11-15)13(9-14)10-18-23(34)30-25(36)31(24(18)35)16-3-5-17(32)6-4-16/h1-11,32H,12H2,(H,29,33)(H,30,34,36)/b18-10-. The Hall–Kier alpha value is -4.05. The first-order chi connectivity index (χ1) is 17.6. The van der Waals surface area contributed by atoms with Crippen LogP contribution in [-0.4, -0.2) is 35.5 Å². The second-order valence-electron chi connectivity index (χ2n) is 7.62. The summed E-state index contributed by atoms with van der Waals surface area (Å²) in [6.45, 7) is -0.420. The molecule has 3 aromatic carbocycles. The molecule has 1 fully saturated rings. The minimum atomic E-state index is -0.945. The molecule has 0 spiro atoms. The van der Waals surface area contributed by atoms with Gasteiger partial charge < -0.3 is 15.2 Å². The highest BCUT2D eigenvalue weighted by Gasteiger charge is 2.37. The molecule has 0 saturated carbocycles. The van der Waals surface area contributed by atoms with Gasteiger partial charge in [0.15, 0.2) is 6.61 Å². The van der Waals surface area contributed by atoms with Crippen molar-refractivity contribution in [3.63, 3.8) is 0 Å². The summed E-state index contributed by atoms with van der Waals surface area (Å²) in [5.74, 6) is -2.25. The molecule has 0 aliphatic carbocycles. The summed E-state index contributed by atoms with van der Waals surface area (Å²) < 4.78 is 5.61. The number of benzene rings is 3. The zero-order chi connectivity index (χ0) is 26.7. The van der Waals surface area contributed by atoms with Gasteiger partial charge in [-0.1, -0.05) is 34.8 Å². The predicted molar refractivity (Wildman–Crippen MR) is 139 cm³/mol. The summed E-state index contributed by atoms with van der Waals surface area (Å²) in [4.78, 5) is 51.1. The van der Waals surface area contributed by atoms with E-state index in [2.05, 4.69) is 10.6 Å². The normalized spacial score (nSPS) is 14.5. The van der Waals surface area contributed by atoms with E-state index in [0.717, 1.165) is 4.90 Å². The fourth-order valence-electron chi connectivity index (χ4n) is 3.33. The number of hydrogen-bond acceptors (Lipinski definition) is 6. The Kier molecular flexibility index (Phi) is 7.68. The van der Waals surface area contributed by atoms with Crippen molar-refractivity contribution < 1.29 is 29.0 Å². The molecule has 0 aromatic heterocycles. The molecule has 9 nitrogen and oxygen atoms in total. The van der Waals surface area contributed by atoms with Gasteiger partial charge in [0.25, 0.3) is 17.7 Å². The molecule has 0 radical (unpaired) electrons. The number of amides is 5. The van der Waals surface area contributed by atoms with Gasteiger partial charge in [0.1, 0.15) is 17.1 Å². The minimum Gasteiger partial charge on any atom is -0.508 e. The fourth-order valence-corrected chi connectivity index (χ4v) is 3.81. The first-order valence-electron chi connectivity index (χ1n) is 10.5. The Morgan fingerprint density at radius 2 is 1.70 bits per heavy atom. The van der Waals surface area contributed by atoms with Gasteiger partial charge >= 0.3 is 6.03 Å². The molecule has 12 heteroatoms. The smallest absolute Gasteiger partial charge is 0.335 e. The molecule has 1 aliphatic heterocycles. The summed E-state index contributed by atoms with van der Waals surface area (Å²) >= 11 is 17.9. The van der Waals surface area contributed by atoms with Gasteiger partial charge in [-0.25, -0.2) is 9.69 Å². The number of urea groups is 1. The number of imide groups is 2. The van der Waals surface area contributed by atoms with E-state index in [1.54, 1.807) is 6.07 Å². The highest BCUT2D eigenvalue weighted by atomic mass is 35.5. The van der Waals surface area contributed by atoms with Crippen LogP contribution in [-0.2, 0) is 14.4 Å². The highest BCUT2D eigenvalue weighted by Crippen LogP contribution is 2.29. The Morgan fingerprint density at radius 3 is 2.41 bits per heavy atom. The Morgan fingerprint density at radius 1 is 0.973 bits per heavy atom. The van der Waals surface area contributed by atoms with Crippen molar-refractivity contribution in [3.8, 4) is 11.5 Å². The van der Waals surface area contributed by atoms with Crippen LogP contribution in [0, 0.1) is 0 Å². The Labute approximate surface area is 225 Å². The van der Waals surface area contributed by atoms with Gasteiger partial charge in [-0.15, -0.1) is 0 Å². The second kappa shape index (κ2) is 10.9. The van der Waals surface area contributed by atoms with Crippen molar-refractivity contribution in [1.82, 2.24) is 5.32 Å². The van der Waals surface area contributed by atoms with Gasteiger partial charge in [-0.05, 0) is 66.7 Å². The van der Waals surface area contributed by atoms with E-state index in [9.17, 15) is 24.3 Å². The van der Waals surface area contributed by atoms with Gasteiger partial charge in [0.2, 0.25) is 0 Å². The fraction of sp³-hybridized carbons (Fsp3) is 0.0400. The van der Waals surface area contributed by atoms with Gasteiger partial charge in [0.05, 0.1) is 15.7 Å². The maximum Gasteiger partial charge on any atom is 0.335 e. The number of phenols is 1. The molecule has 3 N–H and O–H groups in total. The number of rotatable bonds is 6. The molecule has 1 aliphatic rings. The lowest BCUT2D eigenvalue weighted by atomic mass is 10.1. The number of carbonyl (C=O) groups excluding carboxylic acids is 4. The lowest BCUT2D eigenvalue weighted by molar-refractivity contribution is -0.122. The first-order valence-corrected chi connectivity index (χ1v) is 11.6. The van der Waals surface area contributed by atoms with E-state index in [0.29, 0.717) is 10.7 Å². The van der Waals surface area contributed by atoms with E-state index in [4.69, 9.17) is 39.5 Å². The van der Waals surface area contributed by atoms with E-state index in [-0.39, 0.29) is 38.4 Å². The molecule has 0 unspecified atom stereocenters. The van der Waals surface area contributed by atoms with Crippen LogP contribution < -0.4 is 20.3 Å². The molecule has 1 heterocycles. The van der Waals surface area contributed by atoms with Gasteiger partial charge in [0, 0.05) is 16.3 Å². The topological polar surface area (TPSA) is 125 Å². The van der Waals surface area contributed by atoms with Crippen molar-refractivity contribution >= 4 is 76.0 Å². The zero-order valence-electron chi connectivity index (χ0n) is 18.6. The molecule has 188 valence electrons. The maximum absolute atomic E-state index is 13.1. The minimum absolute atomic E-state index is 0.0654. The summed E-state index contributed by atoms with van der Waals surface area (Å²) in [7, 11) is 0. The third kappa shape index (κ3) is 6.03. The van der Waals surface area contributed by atoms with Crippen LogP contribution in [0.4, 0.5) is 16.2 Å². The molecule has 1 saturated heterocycles. The van der Waals surface area contributed by atoms with Gasteiger partial charge in [-0.3, -0.25) is 19.7 Å². The van der Waals surface area contributed by atoms with Crippen molar-refractivity contribution in [2.75, 3.05) is 16.8 Å². The van der Waals surface area contributed by atoms with Crippen LogP contribution >= 0.6 is 34.8 Å². The largest absolute Gasteiger partial charge is 0.508 e. The van der Waals surface area contributed by atoms with Crippen molar-refractivity contribution in [2.24, 2.45) is 0 Å². The molecule has 37 heavy (non-hydrogen) atoms. The lowest BCUT2D eigenvalue weighted by Crippen LogP contribution is -2.54. The SMILES string of the molecule is O=C(COc1ccc(Cl)cc1/C=C1/C(=O)NC(=O)N(c2ccc(O)cc2)C1=O)Nc1ccc(Cl)c(Cl)c1. The predicted octanol–water partition coefficient (Wildman–Crippen LogP) is 5.04. The molecule has 5 amide bonds. The van der Waals surface area contributed by atoms with E-state index in [1.165, 1.54) is 60.7 Å². The number of nitrogens with one attached hydrogen (secondary N) is 2. The molecule has 3 aromatic rings. The van der Waals surface area contributed by atoms with Crippen LogP contribution in [0.25, 0.3) is 6.08 Å². The van der Waals surface area contributed by atoms with Crippen LogP contribution in [0.15, 0.2) is 66.2 Å². The molecule has 0 atom stereocenters. The van der Waals surface area contributed by atoms with E-state index < -0.39 is 30.4 Å². The number of ether oxygens (including phenoxy) is 1. The summed E-state index contributed by atoms with van der Waals surface area (Å²) in [5.41, 5.74) is 0.388. The maximum atomic E-state index is 13.1. The van der Waals surface area contributed by atoms with Crippen molar-refractivity contribution in [1.29, 1.82) is 0 Å². The van der Waals surface area contributed by atoms with Crippen molar-refractivity contribution in [2.45, 2.75) is 0 Å². The summed E-state index contributed by atoms with van der Waals surface area (Å²) in [5, 5.41) is 15.1. The average molecular weight is 561 g/mol. The highest BCUT2D eigenvalue weighted by molar-refractivity contribution is 6.42. The Balaban J connectivity index is 1.57. The van der Waals surface area contributed by atoms with E-state index in [1.807, 2.05) is 0 Å². The third-order valence-corrected chi connectivity index (χ3v) is 6.02. The monoisotopic (exact) mass is 559 g/mol. The summed E-state index contributed by atoms with van der Waals surface area (Å²) in [6, 6.07) is 13.3. The van der Waals surface area contributed by atoms with Crippen LogP contribution in [0.5, 0.6) is 11.5 Å². The number of carbonyl (C=O) groups is 4. The lowest BCUT2D eigenvalue weighted by Gasteiger charge is -2.26. The number of hydrogen-bond donors (Lipinski definition) is 3. The first kappa shape index (κ1) is 26.0. The number of anilines is 2. The molecule has 0 bridgehead atoms. The van der Waals surface area contributed by atoms with Crippen molar-refractivity contribution in [3.05, 3.63) is 86.9 Å². The number of barbiturate groups is 1. The van der Waals surface area contributed by atoms with Crippen LogP contribution in [0.2, 0.25) is 15.1 Å². The number of aromatic hydroxyl groups is 1. The average Bonchev–Trinajstić information content (AvgIpc) is 2.84. The summed E-state index contributed by atoms with van der Waals surface area (Å²) in [6.07, 6.45) is 1.20. The van der Waals surface area contributed by atoms with Gasteiger partial charge in [-0.2, -0.15) is 0 Å². The third-order valence-electron chi connectivity index (χ3n) is 5.04. The molecular weight excluding hydrogens is 545 g/mol. The molecular formula is C25H16Cl3N3O6. The number of nitrogens with zero attached hydrogens (tertiary/aromatic N) is 1. The number of halogens is 3. The second-order valence-corrected chi connectivity index (χ2v) is 8.87. The van der Waals surface area contributed by atoms with Crippen LogP contribution in [0.1, 0.15) is 5.56 Å². The zero-order valence-corrected chi connectivity index (χ0v) is 20.9. The number of phenolic OH excluding ortho intramolecular Hbond substituents is 1. The quantitative estimate of drug-likeness (QED) is 0.287. The van der Waals surface area contributed by atoms with Crippen LogP contribution in [0.3, 0.4) is 0 Å². The molecule has 4 rings (SSSR count).